The van der Waals surface area contributed by atoms with E-state index in [0.29, 0.717) is 5.95 Å². The molecular formula is C8H14N4OS. The number of nitrogens with one attached hydrogen (secondary N) is 1. The van der Waals surface area contributed by atoms with Crippen molar-refractivity contribution in [2.45, 2.75) is 24.9 Å². The van der Waals surface area contributed by atoms with E-state index in [9.17, 15) is 0 Å². The third-order valence-electron chi connectivity index (χ3n) is 2.70. The van der Waals surface area contributed by atoms with Crippen LogP contribution in [0.5, 0.6) is 0 Å². The van der Waals surface area contributed by atoms with Crippen molar-refractivity contribution in [3.63, 3.8) is 0 Å². The summed E-state index contributed by atoms with van der Waals surface area (Å²) in [6.07, 6.45) is 3.48. The summed E-state index contributed by atoms with van der Waals surface area (Å²) in [5, 5.41) is 3.97. The monoisotopic (exact) mass is 214 g/mol. The number of anilines is 2. The van der Waals surface area contributed by atoms with Gasteiger partial charge in [-0.1, -0.05) is 0 Å². The minimum Gasteiger partial charge on any atom is -0.376 e. The van der Waals surface area contributed by atoms with Gasteiger partial charge >= 0.3 is 0 Å². The number of hydrogen-bond acceptors (Lipinski definition) is 6. The first-order chi connectivity index (χ1) is 6.74. The lowest BCUT2D eigenvalue weighted by Gasteiger charge is -2.40. The number of hydrogen-bond donors (Lipinski definition) is 2. The molecule has 78 valence electrons. The molecule has 0 amide bonds. The zero-order valence-corrected chi connectivity index (χ0v) is 8.93. The van der Waals surface area contributed by atoms with Crippen LogP contribution in [0.3, 0.4) is 0 Å². The number of ether oxygens (including phenoxy) is 1. The molecule has 0 spiro atoms. The van der Waals surface area contributed by atoms with E-state index in [-0.39, 0.29) is 5.60 Å². The molecule has 0 radical (unpaired) electrons. The van der Waals surface area contributed by atoms with Gasteiger partial charge < -0.3 is 15.8 Å². The first kappa shape index (κ1) is 9.67. The Morgan fingerprint density at radius 1 is 1.64 bits per heavy atom. The molecule has 1 aromatic heterocycles. The summed E-state index contributed by atoms with van der Waals surface area (Å²) < 4.78 is 9.36. The second-order valence-corrected chi connectivity index (χ2v) is 4.30. The van der Waals surface area contributed by atoms with Crippen LogP contribution in [-0.2, 0) is 4.74 Å². The number of methoxy groups -OCH3 is 1. The van der Waals surface area contributed by atoms with Gasteiger partial charge in [0.1, 0.15) is 0 Å². The van der Waals surface area contributed by atoms with Gasteiger partial charge in [0.15, 0.2) is 0 Å². The molecule has 2 rings (SSSR count). The van der Waals surface area contributed by atoms with Crippen molar-refractivity contribution >= 4 is 22.6 Å². The van der Waals surface area contributed by atoms with Gasteiger partial charge in [-0.05, 0) is 19.3 Å². The highest BCUT2D eigenvalue weighted by Gasteiger charge is 2.36. The number of rotatable bonds is 4. The Morgan fingerprint density at radius 2 is 2.43 bits per heavy atom. The van der Waals surface area contributed by atoms with Crippen LogP contribution in [0.25, 0.3) is 0 Å². The molecule has 1 fully saturated rings. The molecule has 1 saturated carbocycles. The standard InChI is InChI=1S/C8H14N4OS/c1-13-8(3-2-4-8)5-10-7-11-6(9)12-14-7/h2-5H2,1H3,(H3,9,10,11,12). The Kier molecular flexibility index (Phi) is 2.56. The normalized spacial score (nSPS) is 18.9. The van der Waals surface area contributed by atoms with Crippen LogP contribution in [0.1, 0.15) is 19.3 Å². The van der Waals surface area contributed by atoms with Crippen molar-refractivity contribution in [2.24, 2.45) is 0 Å². The highest BCUT2D eigenvalue weighted by atomic mass is 32.1. The SMILES string of the molecule is COC1(CNc2nc(N)ns2)CCC1. The van der Waals surface area contributed by atoms with Crippen molar-refractivity contribution in [3.8, 4) is 0 Å². The minimum atomic E-state index is 0.0143. The molecule has 1 aromatic rings. The van der Waals surface area contributed by atoms with E-state index in [4.69, 9.17) is 10.5 Å². The molecule has 0 aromatic carbocycles. The Balaban J connectivity index is 1.87. The van der Waals surface area contributed by atoms with E-state index in [2.05, 4.69) is 14.7 Å². The van der Waals surface area contributed by atoms with Gasteiger partial charge in [0, 0.05) is 25.2 Å². The minimum absolute atomic E-state index is 0.0143. The fourth-order valence-electron chi connectivity index (χ4n) is 1.57. The van der Waals surface area contributed by atoms with Crippen LogP contribution in [0.15, 0.2) is 0 Å². The van der Waals surface area contributed by atoms with E-state index in [1.807, 2.05) is 0 Å². The highest BCUT2D eigenvalue weighted by molar-refractivity contribution is 7.09. The Morgan fingerprint density at radius 3 is 2.86 bits per heavy atom. The van der Waals surface area contributed by atoms with Crippen LogP contribution in [0.4, 0.5) is 11.1 Å². The maximum absolute atomic E-state index is 5.46. The molecule has 14 heavy (non-hydrogen) atoms. The summed E-state index contributed by atoms with van der Waals surface area (Å²) in [6, 6.07) is 0. The molecule has 5 nitrogen and oxygen atoms in total. The quantitative estimate of drug-likeness (QED) is 0.785. The van der Waals surface area contributed by atoms with Crippen LogP contribution in [-0.4, -0.2) is 28.6 Å². The lowest BCUT2D eigenvalue weighted by molar-refractivity contribution is -0.0601. The van der Waals surface area contributed by atoms with Crippen LogP contribution in [0.2, 0.25) is 0 Å². The lowest BCUT2D eigenvalue weighted by Crippen LogP contribution is -2.45. The summed E-state index contributed by atoms with van der Waals surface area (Å²) in [5.41, 5.74) is 5.43. The smallest absolute Gasteiger partial charge is 0.233 e. The molecule has 0 atom stereocenters. The van der Waals surface area contributed by atoms with Crippen LogP contribution >= 0.6 is 11.5 Å². The van der Waals surface area contributed by atoms with Gasteiger partial charge in [-0.3, -0.25) is 0 Å². The zero-order chi connectivity index (χ0) is 10.0. The first-order valence-corrected chi connectivity index (χ1v) is 5.40. The largest absolute Gasteiger partial charge is 0.376 e. The number of nitrogen functional groups attached to an aromatic ring is 1. The molecule has 6 heteroatoms. The van der Waals surface area contributed by atoms with Gasteiger partial charge in [0.25, 0.3) is 0 Å². The molecule has 1 aliphatic carbocycles. The fraction of sp³-hybridized carbons (Fsp3) is 0.750. The van der Waals surface area contributed by atoms with Crippen LogP contribution in [0, 0.1) is 0 Å². The second-order valence-electron chi connectivity index (χ2n) is 3.55. The van der Waals surface area contributed by atoms with Gasteiger partial charge in [-0.25, -0.2) is 0 Å². The summed E-state index contributed by atoms with van der Waals surface area (Å²) >= 11 is 1.28. The Labute approximate surface area is 86.8 Å². The van der Waals surface area contributed by atoms with Gasteiger partial charge in [0.2, 0.25) is 11.1 Å². The number of nitrogens with zero attached hydrogens (tertiary/aromatic N) is 2. The predicted molar refractivity (Wildman–Crippen MR) is 56.4 cm³/mol. The molecule has 0 bridgehead atoms. The maximum Gasteiger partial charge on any atom is 0.233 e. The first-order valence-electron chi connectivity index (χ1n) is 4.62. The summed E-state index contributed by atoms with van der Waals surface area (Å²) in [6.45, 7) is 0.790. The van der Waals surface area contributed by atoms with Crippen molar-refractivity contribution in [1.82, 2.24) is 9.36 Å². The van der Waals surface area contributed by atoms with Crippen molar-refractivity contribution in [2.75, 3.05) is 24.7 Å². The summed E-state index contributed by atoms with van der Waals surface area (Å²) in [4.78, 5) is 4.02. The van der Waals surface area contributed by atoms with Crippen molar-refractivity contribution in [3.05, 3.63) is 0 Å². The van der Waals surface area contributed by atoms with E-state index < -0.39 is 0 Å². The second kappa shape index (κ2) is 3.70. The molecular weight excluding hydrogens is 200 g/mol. The Hall–Kier alpha value is -0.880. The average Bonchev–Trinajstić information content (AvgIpc) is 2.50. The van der Waals surface area contributed by atoms with Crippen LogP contribution < -0.4 is 11.1 Å². The van der Waals surface area contributed by atoms with Crippen molar-refractivity contribution in [1.29, 1.82) is 0 Å². The van der Waals surface area contributed by atoms with Gasteiger partial charge in [-0.2, -0.15) is 9.36 Å². The summed E-state index contributed by atoms with van der Waals surface area (Å²) in [5.74, 6) is 0.331. The molecule has 0 saturated heterocycles. The number of nitrogens with two attached hydrogens (primary N) is 1. The van der Waals surface area contributed by atoms with E-state index in [1.165, 1.54) is 18.0 Å². The van der Waals surface area contributed by atoms with Gasteiger partial charge in [-0.15, -0.1) is 0 Å². The molecule has 1 heterocycles. The van der Waals surface area contributed by atoms with E-state index in [1.54, 1.807) is 7.11 Å². The molecule has 3 N–H and O–H groups in total. The topological polar surface area (TPSA) is 73.1 Å². The van der Waals surface area contributed by atoms with E-state index >= 15 is 0 Å². The molecule has 0 unspecified atom stereocenters. The zero-order valence-electron chi connectivity index (χ0n) is 8.12. The molecule has 0 aliphatic heterocycles. The van der Waals surface area contributed by atoms with Crippen molar-refractivity contribution < 1.29 is 4.74 Å². The lowest BCUT2D eigenvalue weighted by atomic mass is 9.80. The van der Waals surface area contributed by atoms with Gasteiger partial charge in [0.05, 0.1) is 5.60 Å². The maximum atomic E-state index is 5.46. The third-order valence-corrected chi connectivity index (χ3v) is 3.39. The average molecular weight is 214 g/mol. The molecule has 1 aliphatic rings. The summed E-state index contributed by atoms with van der Waals surface area (Å²) in [7, 11) is 1.76. The number of aromatic nitrogens is 2. The fourth-order valence-corrected chi connectivity index (χ4v) is 2.06. The predicted octanol–water partition coefficient (Wildman–Crippen LogP) is 1.10. The highest BCUT2D eigenvalue weighted by Crippen LogP contribution is 2.35. The van der Waals surface area contributed by atoms with E-state index in [0.717, 1.165) is 24.5 Å². The third kappa shape index (κ3) is 1.80. The Bertz CT molecular complexity index is 305.